The fourth-order valence-corrected chi connectivity index (χ4v) is 7.65. The molecule has 0 fully saturated rings. The molecule has 248 valence electrons. The molecule has 4 nitrogen and oxygen atoms in total. The predicted molar refractivity (Wildman–Crippen MR) is 200 cm³/mol. The van der Waals surface area contributed by atoms with E-state index in [1.165, 1.54) is 16.7 Å². The van der Waals surface area contributed by atoms with Gasteiger partial charge in [0.25, 0.3) is 0 Å². The Kier molecular flexibility index (Phi) is 8.44. The molecule has 1 unspecified atom stereocenters. The molecule has 8 rings (SSSR count). The minimum Gasteiger partial charge on any atom is -0.779 e. The molecule has 6 aromatic rings. The summed E-state index contributed by atoms with van der Waals surface area (Å²) in [4.78, 5) is 14.0. The number of nitrogens with zero attached hydrogens (tertiary/aromatic N) is 4. The summed E-state index contributed by atoms with van der Waals surface area (Å²) in [5, 5.41) is 0. The molecule has 3 heterocycles. The van der Waals surface area contributed by atoms with Gasteiger partial charge >= 0.3 is 21.1 Å². The number of hydrogen-bond donors (Lipinski definition) is 0. The maximum Gasteiger partial charge on any atom is 2.00 e. The summed E-state index contributed by atoms with van der Waals surface area (Å²) in [6.07, 6.45) is 0. The van der Waals surface area contributed by atoms with Gasteiger partial charge in [-0.25, -0.2) is 4.98 Å². The fraction of sp³-hybridized carbons (Fsp3) is 0.256. The summed E-state index contributed by atoms with van der Waals surface area (Å²) >= 11 is 5.84. The Hall–Kier alpha value is -4.05. The van der Waals surface area contributed by atoms with Gasteiger partial charge in [0, 0.05) is 12.2 Å². The van der Waals surface area contributed by atoms with Gasteiger partial charge in [0.1, 0.15) is 5.82 Å². The summed E-state index contributed by atoms with van der Waals surface area (Å²) in [5.41, 5.74) is 11.2. The van der Waals surface area contributed by atoms with Crippen LogP contribution in [0.5, 0.6) is 0 Å². The standard InChI is InChI=1S/C43H41N4S.Pt/c1-42(2,3)30-21-23-31(24-22-30)47-35-19-12-18-32(37(35)44-41(47)34-17-9-10-20-36(34)48)27-14-11-15-28(25-27)40-45-39(43(4,5)6)38-33-16-8-7-13-29(33)26-46(38)40;/h7-24,38-39,48H,26H2,1-6H3;/q-1;+2/p-1/t38?,39-;/m1./s1. The smallest absolute Gasteiger partial charge is 0.779 e. The van der Waals surface area contributed by atoms with Crippen molar-refractivity contribution in [1.29, 1.82) is 0 Å². The molecule has 0 N–H and O–H groups in total. The molecule has 0 aliphatic carbocycles. The van der Waals surface area contributed by atoms with Gasteiger partial charge in [0.15, 0.2) is 0 Å². The van der Waals surface area contributed by atoms with Crippen LogP contribution in [0.1, 0.15) is 69.8 Å². The molecule has 49 heavy (non-hydrogen) atoms. The van der Waals surface area contributed by atoms with E-state index in [1.807, 2.05) is 18.2 Å². The van der Waals surface area contributed by atoms with E-state index < -0.39 is 0 Å². The summed E-state index contributed by atoms with van der Waals surface area (Å²) in [7, 11) is 0. The Balaban J connectivity index is 0.00000378. The van der Waals surface area contributed by atoms with Crippen molar-refractivity contribution in [3.63, 3.8) is 0 Å². The largest absolute Gasteiger partial charge is 2.00 e. The molecule has 6 heteroatoms. The Morgan fingerprint density at radius 2 is 1.41 bits per heavy atom. The molecule has 2 aliphatic rings. The van der Waals surface area contributed by atoms with Crippen LogP contribution in [-0.4, -0.2) is 26.3 Å². The third-order valence-electron chi connectivity index (χ3n) is 9.90. The third-order valence-corrected chi connectivity index (χ3v) is 10.3. The van der Waals surface area contributed by atoms with Crippen LogP contribution in [0, 0.1) is 11.5 Å². The number of imidazole rings is 1. The van der Waals surface area contributed by atoms with E-state index in [-0.39, 0.29) is 44.0 Å². The molecule has 0 saturated carbocycles. The summed E-state index contributed by atoms with van der Waals surface area (Å²) in [5.74, 6) is 1.86. The molecule has 1 aromatic heterocycles. The summed E-state index contributed by atoms with van der Waals surface area (Å²) in [6.45, 7) is 14.5. The number of para-hydroxylation sites is 1. The van der Waals surface area contributed by atoms with Gasteiger partial charge in [-0.2, -0.15) is 4.90 Å². The molecule has 0 saturated heterocycles. The van der Waals surface area contributed by atoms with Crippen LogP contribution in [-0.2, 0) is 45.7 Å². The van der Waals surface area contributed by atoms with Crippen LogP contribution < -0.4 is 0 Å². The van der Waals surface area contributed by atoms with E-state index >= 15 is 0 Å². The number of amidine groups is 1. The topological polar surface area (TPSA) is 33.4 Å². The van der Waals surface area contributed by atoms with Crippen LogP contribution >= 0.6 is 0 Å². The maximum atomic E-state index is 5.84. The van der Waals surface area contributed by atoms with Crippen molar-refractivity contribution in [2.24, 2.45) is 10.4 Å². The number of aromatic nitrogens is 2. The van der Waals surface area contributed by atoms with Crippen molar-refractivity contribution in [2.75, 3.05) is 0 Å². The zero-order chi connectivity index (χ0) is 33.4. The van der Waals surface area contributed by atoms with Gasteiger partial charge in [-0.05, 0) is 51.3 Å². The Morgan fingerprint density at radius 3 is 2.14 bits per heavy atom. The van der Waals surface area contributed by atoms with E-state index in [0.29, 0.717) is 0 Å². The number of aliphatic imine (C=N–C) groups is 1. The van der Waals surface area contributed by atoms with Gasteiger partial charge in [-0.1, -0.05) is 125 Å². The van der Waals surface area contributed by atoms with Crippen LogP contribution in [0.25, 0.3) is 39.2 Å². The Morgan fingerprint density at radius 1 is 0.735 bits per heavy atom. The van der Waals surface area contributed by atoms with E-state index in [4.69, 9.17) is 22.6 Å². The molecule has 5 aromatic carbocycles. The van der Waals surface area contributed by atoms with Crippen molar-refractivity contribution in [1.82, 2.24) is 14.5 Å². The molecule has 0 spiro atoms. The van der Waals surface area contributed by atoms with Crippen LogP contribution in [0.15, 0.2) is 119 Å². The summed E-state index contributed by atoms with van der Waals surface area (Å²) in [6, 6.07) is 42.8. The zero-order valence-corrected chi connectivity index (χ0v) is 31.9. The predicted octanol–water partition coefficient (Wildman–Crippen LogP) is 10.1. The molecule has 0 bridgehead atoms. The average molecular weight is 840 g/mol. The van der Waals surface area contributed by atoms with Gasteiger partial charge in [0.05, 0.1) is 29.0 Å². The first-order chi connectivity index (χ1) is 23.0. The number of benzene rings is 5. The minimum atomic E-state index is 0. The SMILES string of the molecule is CC(C)(C)c1ccc(-n2c(-c3ccccc3[S-])nc3c(-c4[c-]c(C5=N[C@@H](C(C)(C)C)C6c7ccccc7CN56)ccc4)cccc32)cc1.[Pt+2]. The molecular weight excluding hydrogens is 800 g/mol. The van der Waals surface area contributed by atoms with E-state index in [0.717, 1.165) is 62.1 Å². The van der Waals surface area contributed by atoms with E-state index in [9.17, 15) is 0 Å². The van der Waals surface area contributed by atoms with Crippen LogP contribution in [0.4, 0.5) is 0 Å². The zero-order valence-electron chi connectivity index (χ0n) is 28.8. The van der Waals surface area contributed by atoms with Crippen molar-refractivity contribution in [3.8, 4) is 28.2 Å². The first kappa shape index (κ1) is 33.4. The number of fused-ring (bicyclic) bond motifs is 4. The first-order valence-corrected chi connectivity index (χ1v) is 17.2. The molecule has 2 aliphatic heterocycles. The number of hydrogen-bond acceptors (Lipinski definition) is 4. The van der Waals surface area contributed by atoms with Gasteiger partial charge in [-0.15, -0.1) is 29.8 Å². The molecular formula is C43H40N4PtS. The second-order valence-electron chi connectivity index (χ2n) is 15.3. The quantitative estimate of drug-likeness (QED) is 0.131. The van der Waals surface area contributed by atoms with Crippen molar-refractivity contribution >= 4 is 29.5 Å². The maximum absolute atomic E-state index is 5.84. The van der Waals surface area contributed by atoms with Crippen LogP contribution in [0.3, 0.4) is 0 Å². The first-order valence-electron chi connectivity index (χ1n) is 16.8. The Labute approximate surface area is 310 Å². The molecule has 2 atom stereocenters. The Bertz CT molecular complexity index is 2220. The normalized spacial score (nSPS) is 17.1. The minimum absolute atomic E-state index is 0. The summed E-state index contributed by atoms with van der Waals surface area (Å²) < 4.78 is 2.25. The number of rotatable bonds is 4. The fourth-order valence-electron chi connectivity index (χ4n) is 7.41. The average Bonchev–Trinajstić information content (AvgIpc) is 3.75. The molecule has 0 amide bonds. The van der Waals surface area contributed by atoms with Crippen molar-refractivity contribution < 1.29 is 21.1 Å². The molecule has 0 radical (unpaired) electrons. The third kappa shape index (κ3) is 5.75. The van der Waals surface area contributed by atoms with Gasteiger partial charge in [0.2, 0.25) is 0 Å². The van der Waals surface area contributed by atoms with Crippen molar-refractivity contribution in [3.05, 3.63) is 138 Å². The van der Waals surface area contributed by atoms with Gasteiger partial charge < -0.3 is 22.5 Å². The van der Waals surface area contributed by atoms with Crippen molar-refractivity contribution in [2.45, 2.75) is 70.5 Å². The van der Waals surface area contributed by atoms with Crippen LogP contribution in [0.2, 0.25) is 0 Å². The second kappa shape index (κ2) is 12.4. The van der Waals surface area contributed by atoms with E-state index in [2.05, 4.69) is 148 Å². The second-order valence-corrected chi connectivity index (χ2v) is 15.7. The monoisotopic (exact) mass is 839 g/mol. The van der Waals surface area contributed by atoms with E-state index in [1.54, 1.807) is 0 Å². The van der Waals surface area contributed by atoms with Gasteiger partial charge in [-0.3, -0.25) is 4.57 Å².